The summed E-state index contributed by atoms with van der Waals surface area (Å²) in [4.78, 5) is 26.9. The highest BCUT2D eigenvalue weighted by molar-refractivity contribution is 6.05. The number of fused-ring (bicyclic) bond motifs is 3. The van der Waals surface area contributed by atoms with Crippen LogP contribution in [0, 0.1) is 0 Å². The molecule has 8 nitrogen and oxygen atoms in total. The molecule has 6 rings (SSSR count). The van der Waals surface area contributed by atoms with Gasteiger partial charge in [0.25, 0.3) is 5.56 Å². The number of aromatic nitrogens is 1. The molecule has 190 valence electrons. The largest absolute Gasteiger partial charge is 0.506 e. The summed E-state index contributed by atoms with van der Waals surface area (Å²) in [6.07, 6.45) is -0.107. The number of para-hydroxylation sites is 1. The number of nitrogens with one attached hydrogen (secondary N) is 1. The van der Waals surface area contributed by atoms with Gasteiger partial charge in [-0.05, 0) is 47.3 Å². The smallest absolute Gasteiger partial charge is 0.265 e. The Labute approximate surface area is 217 Å². The van der Waals surface area contributed by atoms with Gasteiger partial charge in [-0.15, -0.1) is 0 Å². The van der Waals surface area contributed by atoms with Crippen LogP contribution in [0.2, 0.25) is 0 Å². The molecule has 0 radical (unpaired) electrons. The second-order valence-electron chi connectivity index (χ2n) is 9.29. The van der Waals surface area contributed by atoms with Crippen LogP contribution in [0.4, 0.5) is 11.4 Å². The zero-order valence-corrected chi connectivity index (χ0v) is 20.6. The number of carbonyl (C=O) groups is 1. The first-order valence-corrected chi connectivity index (χ1v) is 12.2. The van der Waals surface area contributed by atoms with E-state index in [2.05, 4.69) is 5.32 Å². The van der Waals surface area contributed by atoms with Crippen LogP contribution >= 0.6 is 0 Å². The van der Waals surface area contributed by atoms with E-state index in [-0.39, 0.29) is 24.5 Å². The first-order valence-electron chi connectivity index (χ1n) is 12.2. The Hall–Kier alpha value is -4.98. The number of rotatable bonds is 6. The highest BCUT2D eigenvalue weighted by atomic mass is 16.7. The first kappa shape index (κ1) is 23.4. The van der Waals surface area contributed by atoms with E-state index in [9.17, 15) is 14.7 Å². The van der Waals surface area contributed by atoms with Crippen molar-refractivity contribution >= 4 is 38.8 Å². The van der Waals surface area contributed by atoms with Crippen molar-refractivity contribution in [3.8, 4) is 17.2 Å². The quantitative estimate of drug-likeness (QED) is 0.215. The van der Waals surface area contributed by atoms with Gasteiger partial charge >= 0.3 is 0 Å². The van der Waals surface area contributed by atoms with Gasteiger partial charge in [-0.3, -0.25) is 9.59 Å². The van der Waals surface area contributed by atoms with E-state index in [0.29, 0.717) is 28.1 Å². The SMILES string of the molecule is Cn1c(=O)c(C(=O)C[C@@H](Nc2cccc3cccc(N)c23)c2ccc3c(c2)OCO3)c(O)c2ccccc21. The van der Waals surface area contributed by atoms with Crippen molar-refractivity contribution in [2.75, 3.05) is 17.8 Å². The number of aryl methyl sites for hydroxylation is 1. The Balaban J connectivity index is 1.45. The Morgan fingerprint density at radius 1 is 1.03 bits per heavy atom. The minimum Gasteiger partial charge on any atom is -0.506 e. The number of ether oxygens (including phenoxy) is 2. The Morgan fingerprint density at radius 3 is 2.63 bits per heavy atom. The van der Waals surface area contributed by atoms with Crippen molar-refractivity contribution in [3.05, 3.63) is 100 Å². The van der Waals surface area contributed by atoms with E-state index >= 15 is 0 Å². The fraction of sp³-hybridized carbons (Fsp3) is 0.133. The number of nitrogen functional groups attached to an aromatic ring is 1. The summed E-state index contributed by atoms with van der Waals surface area (Å²) in [7, 11) is 1.59. The van der Waals surface area contributed by atoms with Gasteiger partial charge in [0.05, 0.1) is 11.6 Å². The minimum absolute atomic E-state index is 0.107. The van der Waals surface area contributed by atoms with Gasteiger partial charge < -0.3 is 30.2 Å². The molecule has 5 aromatic rings. The van der Waals surface area contributed by atoms with Crippen LogP contribution in [0.5, 0.6) is 17.2 Å². The normalized spacial score (nSPS) is 13.1. The number of pyridine rings is 1. The molecular formula is C30H25N3O5. The van der Waals surface area contributed by atoms with Crippen molar-refractivity contribution in [1.82, 2.24) is 4.57 Å². The second-order valence-corrected chi connectivity index (χ2v) is 9.29. The summed E-state index contributed by atoms with van der Waals surface area (Å²) in [5.41, 5.74) is 8.18. The van der Waals surface area contributed by atoms with Gasteiger partial charge in [0, 0.05) is 35.6 Å². The second kappa shape index (κ2) is 9.15. The zero-order valence-electron chi connectivity index (χ0n) is 20.6. The number of ketones is 1. The third kappa shape index (κ3) is 3.87. The predicted molar refractivity (Wildman–Crippen MR) is 147 cm³/mol. The first-order chi connectivity index (χ1) is 18.4. The summed E-state index contributed by atoms with van der Waals surface area (Å²) in [5.74, 6) is 0.391. The zero-order chi connectivity index (χ0) is 26.4. The van der Waals surface area contributed by atoms with Crippen LogP contribution in [-0.2, 0) is 7.05 Å². The summed E-state index contributed by atoms with van der Waals surface area (Å²) in [6.45, 7) is 0.122. The van der Waals surface area contributed by atoms with Crippen molar-refractivity contribution in [1.29, 1.82) is 0 Å². The lowest BCUT2D eigenvalue weighted by atomic mass is 9.95. The van der Waals surface area contributed by atoms with Crippen molar-refractivity contribution in [2.24, 2.45) is 7.05 Å². The Kier molecular flexibility index (Phi) is 5.64. The van der Waals surface area contributed by atoms with Crippen LogP contribution in [0.1, 0.15) is 28.4 Å². The Bertz CT molecular complexity index is 1790. The number of nitrogens with two attached hydrogens (primary N) is 1. The van der Waals surface area contributed by atoms with E-state index in [4.69, 9.17) is 15.2 Å². The molecule has 1 atom stereocenters. The maximum absolute atomic E-state index is 13.7. The summed E-state index contributed by atoms with van der Waals surface area (Å²) in [5, 5.41) is 16.7. The number of Topliss-reactive ketones (excluding diaryl/α,β-unsaturated/α-hetero) is 1. The average molecular weight is 508 g/mol. The minimum atomic E-state index is -0.571. The van der Waals surface area contributed by atoms with E-state index in [1.165, 1.54) is 4.57 Å². The molecule has 0 bridgehead atoms. The lowest BCUT2D eigenvalue weighted by molar-refractivity contribution is 0.0972. The van der Waals surface area contributed by atoms with E-state index in [0.717, 1.165) is 22.0 Å². The molecule has 1 aromatic heterocycles. The molecule has 8 heteroatoms. The number of hydrogen-bond donors (Lipinski definition) is 3. The molecule has 0 fully saturated rings. The van der Waals surface area contributed by atoms with Crippen molar-refractivity contribution in [3.63, 3.8) is 0 Å². The fourth-order valence-corrected chi connectivity index (χ4v) is 5.08. The number of anilines is 2. The lowest BCUT2D eigenvalue weighted by Gasteiger charge is -2.22. The van der Waals surface area contributed by atoms with E-state index in [1.807, 2.05) is 48.5 Å². The van der Waals surface area contributed by atoms with Crippen LogP contribution in [0.25, 0.3) is 21.7 Å². The molecule has 0 saturated heterocycles. The number of carbonyl (C=O) groups excluding carboxylic acids is 1. The number of hydrogen-bond acceptors (Lipinski definition) is 7. The Morgan fingerprint density at radius 2 is 1.79 bits per heavy atom. The molecule has 1 aliphatic rings. The van der Waals surface area contributed by atoms with Crippen molar-refractivity contribution in [2.45, 2.75) is 12.5 Å². The van der Waals surface area contributed by atoms with Crippen LogP contribution in [0.15, 0.2) is 83.7 Å². The van der Waals surface area contributed by atoms with Gasteiger partial charge in [-0.2, -0.15) is 0 Å². The monoisotopic (exact) mass is 507 g/mol. The molecule has 4 aromatic carbocycles. The molecule has 1 aliphatic heterocycles. The molecular weight excluding hydrogens is 482 g/mol. The molecule has 0 unspecified atom stereocenters. The highest BCUT2D eigenvalue weighted by Gasteiger charge is 2.26. The highest BCUT2D eigenvalue weighted by Crippen LogP contribution is 2.38. The number of aromatic hydroxyl groups is 1. The van der Waals surface area contributed by atoms with Gasteiger partial charge in [-0.25, -0.2) is 0 Å². The molecule has 0 amide bonds. The standard InChI is InChI=1S/C30H25N3O5/c1-33-23-11-3-2-8-19(23)29(35)28(30(33)36)24(34)15-22(18-12-13-25-26(14-18)38-16-37-25)32-21-10-5-7-17-6-4-9-20(31)27(17)21/h2-14,22,32,35H,15-16,31H2,1H3/t22-/m1/s1. The maximum Gasteiger partial charge on any atom is 0.265 e. The molecule has 0 saturated carbocycles. The summed E-state index contributed by atoms with van der Waals surface area (Å²) in [6, 6.07) is 23.3. The number of benzene rings is 4. The van der Waals surface area contributed by atoms with Gasteiger partial charge in [-0.1, -0.05) is 42.5 Å². The third-order valence-corrected chi connectivity index (χ3v) is 7.01. The maximum atomic E-state index is 13.7. The van der Waals surface area contributed by atoms with Crippen LogP contribution in [-0.4, -0.2) is 22.2 Å². The topological polar surface area (TPSA) is 116 Å². The van der Waals surface area contributed by atoms with Crippen molar-refractivity contribution < 1.29 is 19.4 Å². The van der Waals surface area contributed by atoms with Gasteiger partial charge in [0.15, 0.2) is 17.3 Å². The van der Waals surface area contributed by atoms with Gasteiger partial charge in [0.1, 0.15) is 11.3 Å². The van der Waals surface area contributed by atoms with Crippen LogP contribution < -0.4 is 26.1 Å². The molecule has 38 heavy (non-hydrogen) atoms. The lowest BCUT2D eigenvalue weighted by Crippen LogP contribution is -2.26. The van der Waals surface area contributed by atoms with Gasteiger partial charge in [0.2, 0.25) is 6.79 Å². The van der Waals surface area contributed by atoms with E-state index < -0.39 is 17.4 Å². The average Bonchev–Trinajstić information content (AvgIpc) is 3.40. The third-order valence-electron chi connectivity index (χ3n) is 7.01. The summed E-state index contributed by atoms with van der Waals surface area (Å²) >= 11 is 0. The molecule has 4 N–H and O–H groups in total. The molecule has 0 aliphatic carbocycles. The molecule has 0 spiro atoms. The predicted octanol–water partition coefficient (Wildman–Crippen LogP) is 5.13. The number of nitrogens with zero attached hydrogens (tertiary/aromatic N) is 1. The molecule has 2 heterocycles. The van der Waals surface area contributed by atoms with Crippen LogP contribution in [0.3, 0.4) is 0 Å². The fourth-order valence-electron chi connectivity index (χ4n) is 5.08. The summed E-state index contributed by atoms with van der Waals surface area (Å²) < 4.78 is 12.4. The van der Waals surface area contributed by atoms with E-state index in [1.54, 1.807) is 37.4 Å².